The summed E-state index contributed by atoms with van der Waals surface area (Å²) in [7, 11) is -3.30. The van der Waals surface area contributed by atoms with Crippen molar-refractivity contribution in [2.24, 2.45) is 0 Å². The van der Waals surface area contributed by atoms with Crippen LogP contribution in [0.25, 0.3) is 37.2 Å². The number of sulfone groups is 1. The molecule has 3 aromatic carbocycles. The lowest BCUT2D eigenvalue weighted by Gasteiger charge is -2.08. The van der Waals surface area contributed by atoms with E-state index in [-0.39, 0.29) is 4.90 Å². The van der Waals surface area contributed by atoms with Crippen LogP contribution in [-0.2, 0) is 9.84 Å². The molecule has 0 atom stereocenters. The van der Waals surface area contributed by atoms with E-state index in [1.165, 1.54) is 29.4 Å². The first-order valence-corrected chi connectivity index (χ1v) is 15.5. The Hall–Kier alpha value is -3.38. The minimum atomic E-state index is -3.30. The second-order valence-electron chi connectivity index (χ2n) is 8.26. The topological polar surface area (TPSA) is 90.6 Å². The molecule has 0 aliphatic heterocycles. The van der Waals surface area contributed by atoms with Crippen LogP contribution in [0.2, 0.25) is 0 Å². The van der Waals surface area contributed by atoms with Crippen LogP contribution in [0.5, 0.6) is 0 Å². The summed E-state index contributed by atoms with van der Waals surface area (Å²) in [5, 5.41) is 10.7. The molecule has 0 amide bonds. The predicted octanol–water partition coefficient (Wildman–Crippen LogP) is 6.53. The molecule has 11 heteroatoms. The van der Waals surface area contributed by atoms with Crippen LogP contribution in [0.15, 0.2) is 93.3 Å². The molecular formula is C26H19N5O2S4. The lowest BCUT2D eigenvalue weighted by molar-refractivity contribution is 0.602. The van der Waals surface area contributed by atoms with Crippen molar-refractivity contribution in [1.29, 1.82) is 0 Å². The number of aromatic nitrogens is 5. The van der Waals surface area contributed by atoms with Gasteiger partial charge < -0.3 is 0 Å². The van der Waals surface area contributed by atoms with Gasteiger partial charge in [0.25, 0.3) is 0 Å². The second kappa shape index (κ2) is 9.49. The summed E-state index contributed by atoms with van der Waals surface area (Å²) in [6.45, 7) is 1.99. The number of hydrogen-bond acceptors (Lipinski definition) is 9. The molecular weight excluding hydrogens is 543 g/mol. The zero-order valence-electron chi connectivity index (χ0n) is 19.7. The van der Waals surface area contributed by atoms with Crippen molar-refractivity contribution in [2.75, 3.05) is 6.26 Å². The van der Waals surface area contributed by atoms with Crippen molar-refractivity contribution in [3.63, 3.8) is 0 Å². The molecule has 3 aromatic heterocycles. The third-order valence-corrected chi connectivity index (χ3v) is 9.95. The number of benzene rings is 3. The van der Waals surface area contributed by atoms with Gasteiger partial charge in [-0.3, -0.25) is 4.57 Å². The maximum atomic E-state index is 12.0. The van der Waals surface area contributed by atoms with Crippen LogP contribution in [0.3, 0.4) is 0 Å². The maximum Gasteiger partial charge on any atom is 0.203 e. The highest BCUT2D eigenvalue weighted by atomic mass is 32.2. The Morgan fingerprint density at radius 2 is 1.59 bits per heavy atom. The average molecular weight is 562 g/mol. The summed E-state index contributed by atoms with van der Waals surface area (Å²) in [6.07, 6.45) is 1.21. The molecule has 0 spiro atoms. The van der Waals surface area contributed by atoms with Crippen LogP contribution in [0.1, 0.15) is 5.69 Å². The molecule has 0 radical (unpaired) electrons. The van der Waals surface area contributed by atoms with Gasteiger partial charge in [-0.1, -0.05) is 48.5 Å². The van der Waals surface area contributed by atoms with E-state index in [0.29, 0.717) is 11.0 Å². The fourth-order valence-electron chi connectivity index (χ4n) is 3.84. The fourth-order valence-corrected chi connectivity index (χ4v) is 7.67. The smallest absolute Gasteiger partial charge is 0.203 e. The second-order valence-corrected chi connectivity index (χ2v) is 13.5. The summed E-state index contributed by atoms with van der Waals surface area (Å²) in [5.74, 6) is 0.714. The molecule has 3 heterocycles. The lowest BCUT2D eigenvalue weighted by atomic mass is 10.2. The van der Waals surface area contributed by atoms with E-state index in [9.17, 15) is 8.42 Å². The fraction of sp³-hybridized carbons (Fsp3) is 0.0769. The van der Waals surface area contributed by atoms with Crippen molar-refractivity contribution < 1.29 is 8.42 Å². The van der Waals surface area contributed by atoms with Crippen LogP contribution in [0.4, 0.5) is 0 Å². The van der Waals surface area contributed by atoms with E-state index >= 15 is 0 Å². The molecule has 0 aliphatic carbocycles. The van der Waals surface area contributed by atoms with Gasteiger partial charge in [0.05, 0.1) is 25.7 Å². The number of fused-ring (bicyclic) bond motifs is 1. The van der Waals surface area contributed by atoms with Crippen LogP contribution in [-0.4, -0.2) is 39.4 Å². The van der Waals surface area contributed by atoms with Crippen LogP contribution >= 0.6 is 34.4 Å². The van der Waals surface area contributed by atoms with Gasteiger partial charge in [-0.05, 0) is 49.0 Å². The average Bonchev–Trinajstić information content (AvgIpc) is 3.60. The van der Waals surface area contributed by atoms with E-state index in [4.69, 9.17) is 9.97 Å². The first-order chi connectivity index (χ1) is 17.9. The number of nitrogens with zero attached hydrogens (tertiary/aromatic N) is 5. The lowest BCUT2D eigenvalue weighted by Crippen LogP contribution is -1.99. The van der Waals surface area contributed by atoms with E-state index in [0.717, 1.165) is 41.4 Å². The van der Waals surface area contributed by atoms with E-state index in [2.05, 4.69) is 10.2 Å². The normalized spacial score (nSPS) is 11.8. The van der Waals surface area contributed by atoms with E-state index in [1.807, 2.05) is 72.2 Å². The minimum absolute atomic E-state index is 0.282. The Labute approximate surface area is 225 Å². The van der Waals surface area contributed by atoms with Gasteiger partial charge in [-0.15, -0.1) is 32.9 Å². The zero-order valence-corrected chi connectivity index (χ0v) is 23.0. The number of hydrogen-bond donors (Lipinski definition) is 0. The summed E-state index contributed by atoms with van der Waals surface area (Å²) in [5.41, 5.74) is 3.62. The number of para-hydroxylation sites is 1. The highest BCUT2D eigenvalue weighted by Gasteiger charge is 2.22. The summed E-state index contributed by atoms with van der Waals surface area (Å²) < 4.78 is 27.6. The molecule has 6 rings (SSSR count). The summed E-state index contributed by atoms with van der Waals surface area (Å²) in [4.78, 5) is 10.7. The molecule has 0 aliphatic rings. The molecule has 7 nitrogen and oxygen atoms in total. The Bertz CT molecular complexity index is 1840. The molecule has 37 heavy (non-hydrogen) atoms. The van der Waals surface area contributed by atoms with Gasteiger partial charge in [-0.2, -0.15) is 0 Å². The number of aryl methyl sites for hydroxylation is 1. The summed E-state index contributed by atoms with van der Waals surface area (Å²) >= 11 is 4.42. The first-order valence-electron chi connectivity index (χ1n) is 11.2. The molecule has 0 saturated carbocycles. The van der Waals surface area contributed by atoms with Crippen LogP contribution < -0.4 is 0 Å². The van der Waals surface area contributed by atoms with Crippen LogP contribution in [0, 0.1) is 6.92 Å². The van der Waals surface area contributed by atoms with Gasteiger partial charge in [0.1, 0.15) is 5.01 Å². The predicted molar refractivity (Wildman–Crippen MR) is 149 cm³/mol. The maximum absolute atomic E-state index is 12.0. The van der Waals surface area contributed by atoms with Gasteiger partial charge >= 0.3 is 0 Å². The monoisotopic (exact) mass is 561 g/mol. The van der Waals surface area contributed by atoms with Gasteiger partial charge in [0, 0.05) is 17.5 Å². The minimum Gasteiger partial charge on any atom is -0.269 e. The van der Waals surface area contributed by atoms with E-state index < -0.39 is 9.84 Å². The summed E-state index contributed by atoms with van der Waals surface area (Å²) in [6, 6.07) is 25.1. The van der Waals surface area contributed by atoms with Gasteiger partial charge in [-0.25, -0.2) is 18.4 Å². The van der Waals surface area contributed by atoms with Crippen molar-refractivity contribution >= 4 is 54.5 Å². The zero-order chi connectivity index (χ0) is 25.6. The Morgan fingerprint density at radius 1 is 0.865 bits per heavy atom. The number of thiazole rings is 2. The van der Waals surface area contributed by atoms with Gasteiger partial charge in [0.2, 0.25) is 5.16 Å². The molecule has 0 saturated heterocycles. The Balaban J connectivity index is 1.44. The van der Waals surface area contributed by atoms with Crippen molar-refractivity contribution in [3.05, 3.63) is 84.6 Å². The third kappa shape index (κ3) is 4.71. The van der Waals surface area contributed by atoms with Crippen molar-refractivity contribution in [1.82, 2.24) is 24.7 Å². The molecule has 0 unspecified atom stereocenters. The largest absolute Gasteiger partial charge is 0.269 e. The molecule has 184 valence electrons. The van der Waals surface area contributed by atoms with E-state index in [1.54, 1.807) is 29.5 Å². The molecule has 6 aromatic rings. The number of rotatable bonds is 6. The first kappa shape index (κ1) is 24.0. The Morgan fingerprint density at radius 3 is 2.32 bits per heavy atom. The molecule has 0 N–H and O–H groups in total. The molecule has 0 fully saturated rings. The molecule has 0 bridgehead atoms. The van der Waals surface area contributed by atoms with Gasteiger partial charge in [0.15, 0.2) is 20.0 Å². The third-order valence-electron chi connectivity index (χ3n) is 5.62. The highest BCUT2D eigenvalue weighted by Crippen LogP contribution is 2.40. The van der Waals surface area contributed by atoms with Crippen molar-refractivity contribution in [3.8, 4) is 27.0 Å². The Kier molecular flexibility index (Phi) is 6.15. The SMILES string of the molecule is Cc1nc(-c2ccccc2)sc1-c1nnc(Sc2nc3ccc(S(C)(=O)=O)cc3s2)n1-c1ccccc1. The quantitative estimate of drug-likeness (QED) is 0.228. The van der Waals surface area contributed by atoms with Crippen molar-refractivity contribution in [2.45, 2.75) is 21.3 Å². The highest BCUT2D eigenvalue weighted by molar-refractivity contribution is 8.01. The standard InChI is InChI=1S/C26H19N5O2S4/c1-16-22(35-24(27-16)17-9-5-3-6-10-17)23-29-30-25(31(23)18-11-7-4-8-12-18)36-26-28-20-14-13-19(37(2,32)33)15-21(20)34-26/h3-15H,1-2H3.